The highest BCUT2D eigenvalue weighted by molar-refractivity contribution is 5.95. The second kappa shape index (κ2) is 6.75. The van der Waals surface area contributed by atoms with Gasteiger partial charge in [-0.25, -0.2) is 0 Å². The Bertz CT molecular complexity index is 807. The Hall–Kier alpha value is -2.55. The third-order valence-corrected chi connectivity index (χ3v) is 5.13. The number of allylic oxidation sites excluding steroid dienone is 1. The molecule has 128 valence electrons. The van der Waals surface area contributed by atoms with E-state index in [0.717, 1.165) is 55.8 Å². The Balaban J connectivity index is 1.49. The molecule has 3 nitrogen and oxygen atoms in total. The van der Waals surface area contributed by atoms with E-state index < -0.39 is 0 Å². The SMILES string of the molecule is C=C1CCc2ccc(Oc3ccc(N4CCCC4=O)cc3)cc2CC1. The van der Waals surface area contributed by atoms with Crippen LogP contribution in [-0.2, 0) is 17.6 Å². The lowest BCUT2D eigenvalue weighted by Gasteiger charge is -2.16. The maximum atomic E-state index is 11.8. The van der Waals surface area contributed by atoms with Crippen LogP contribution in [0.25, 0.3) is 0 Å². The van der Waals surface area contributed by atoms with Crippen LogP contribution in [0.1, 0.15) is 36.8 Å². The molecule has 1 amide bonds. The molecule has 1 saturated heterocycles. The molecule has 2 aliphatic rings. The van der Waals surface area contributed by atoms with Gasteiger partial charge in [-0.2, -0.15) is 0 Å². The summed E-state index contributed by atoms with van der Waals surface area (Å²) in [6, 6.07) is 14.2. The highest BCUT2D eigenvalue weighted by Gasteiger charge is 2.21. The number of rotatable bonds is 3. The van der Waals surface area contributed by atoms with Gasteiger partial charge in [-0.1, -0.05) is 18.2 Å². The van der Waals surface area contributed by atoms with Crippen molar-refractivity contribution in [2.45, 2.75) is 38.5 Å². The lowest BCUT2D eigenvalue weighted by atomic mass is 10.0. The standard InChI is InChI=1S/C22H23NO2/c1-16-4-6-17-8-11-21(15-18(17)7-5-16)25-20-12-9-19(10-13-20)23-14-2-3-22(23)24/h8-13,15H,1-7,14H2. The van der Waals surface area contributed by atoms with Crippen molar-refractivity contribution in [1.82, 2.24) is 0 Å². The van der Waals surface area contributed by atoms with Gasteiger partial charge in [-0.15, -0.1) is 0 Å². The fourth-order valence-electron chi connectivity index (χ4n) is 3.64. The first-order valence-corrected chi connectivity index (χ1v) is 9.06. The van der Waals surface area contributed by atoms with Crippen molar-refractivity contribution < 1.29 is 9.53 Å². The minimum Gasteiger partial charge on any atom is -0.457 e. The van der Waals surface area contributed by atoms with Crippen LogP contribution in [0.15, 0.2) is 54.6 Å². The van der Waals surface area contributed by atoms with Crippen LogP contribution >= 0.6 is 0 Å². The number of fused-ring (bicyclic) bond motifs is 1. The van der Waals surface area contributed by atoms with E-state index in [1.807, 2.05) is 35.2 Å². The van der Waals surface area contributed by atoms with Crippen molar-refractivity contribution in [3.63, 3.8) is 0 Å². The first-order chi connectivity index (χ1) is 12.2. The Morgan fingerprint density at radius 1 is 0.840 bits per heavy atom. The molecule has 3 heteroatoms. The number of carbonyl (C=O) groups is 1. The normalized spacial score (nSPS) is 17.4. The summed E-state index contributed by atoms with van der Waals surface area (Å²) in [5, 5.41) is 0. The van der Waals surface area contributed by atoms with Gasteiger partial charge in [0.15, 0.2) is 0 Å². The molecule has 0 aromatic heterocycles. The summed E-state index contributed by atoms with van der Waals surface area (Å²) >= 11 is 0. The van der Waals surface area contributed by atoms with Crippen LogP contribution < -0.4 is 9.64 Å². The van der Waals surface area contributed by atoms with E-state index >= 15 is 0 Å². The van der Waals surface area contributed by atoms with Crippen LogP contribution in [0.3, 0.4) is 0 Å². The molecule has 25 heavy (non-hydrogen) atoms. The van der Waals surface area contributed by atoms with Gasteiger partial charge >= 0.3 is 0 Å². The van der Waals surface area contributed by atoms with Gasteiger partial charge in [-0.3, -0.25) is 4.79 Å². The van der Waals surface area contributed by atoms with Gasteiger partial charge in [0, 0.05) is 18.7 Å². The lowest BCUT2D eigenvalue weighted by Crippen LogP contribution is -2.23. The molecule has 2 aromatic rings. The quantitative estimate of drug-likeness (QED) is 0.582. The number of amides is 1. The molecule has 0 spiro atoms. The van der Waals surface area contributed by atoms with Crippen molar-refractivity contribution in [1.29, 1.82) is 0 Å². The topological polar surface area (TPSA) is 29.5 Å². The minimum atomic E-state index is 0.209. The molecular weight excluding hydrogens is 310 g/mol. The highest BCUT2D eigenvalue weighted by atomic mass is 16.5. The zero-order chi connectivity index (χ0) is 17.2. The van der Waals surface area contributed by atoms with E-state index in [1.54, 1.807) is 0 Å². The van der Waals surface area contributed by atoms with Crippen molar-refractivity contribution in [2.75, 3.05) is 11.4 Å². The third-order valence-electron chi connectivity index (χ3n) is 5.13. The fourth-order valence-corrected chi connectivity index (χ4v) is 3.64. The molecular formula is C22H23NO2. The van der Waals surface area contributed by atoms with E-state index in [0.29, 0.717) is 6.42 Å². The number of hydrogen-bond acceptors (Lipinski definition) is 2. The molecule has 1 heterocycles. The van der Waals surface area contributed by atoms with Gasteiger partial charge in [0.1, 0.15) is 11.5 Å². The Labute approximate surface area is 148 Å². The summed E-state index contributed by atoms with van der Waals surface area (Å²) < 4.78 is 6.03. The average Bonchev–Trinajstić information content (AvgIpc) is 2.96. The van der Waals surface area contributed by atoms with E-state index in [2.05, 4.69) is 18.7 Å². The highest BCUT2D eigenvalue weighted by Crippen LogP contribution is 2.30. The molecule has 0 radical (unpaired) electrons. The lowest BCUT2D eigenvalue weighted by molar-refractivity contribution is -0.117. The van der Waals surface area contributed by atoms with E-state index in [9.17, 15) is 4.79 Å². The van der Waals surface area contributed by atoms with E-state index in [1.165, 1.54) is 16.7 Å². The number of anilines is 1. The summed E-state index contributed by atoms with van der Waals surface area (Å²) in [7, 11) is 0. The zero-order valence-corrected chi connectivity index (χ0v) is 14.5. The Morgan fingerprint density at radius 2 is 1.56 bits per heavy atom. The summed E-state index contributed by atoms with van der Waals surface area (Å²) in [4.78, 5) is 13.7. The van der Waals surface area contributed by atoms with E-state index in [-0.39, 0.29) is 5.91 Å². The van der Waals surface area contributed by atoms with Crippen molar-refractivity contribution in [3.05, 3.63) is 65.7 Å². The second-order valence-corrected chi connectivity index (χ2v) is 6.93. The number of hydrogen-bond donors (Lipinski definition) is 0. The Kier molecular flexibility index (Phi) is 4.31. The number of carbonyl (C=O) groups excluding carboxylic acids is 1. The van der Waals surface area contributed by atoms with Crippen LogP contribution in [-0.4, -0.2) is 12.5 Å². The minimum absolute atomic E-state index is 0.209. The van der Waals surface area contributed by atoms with E-state index in [4.69, 9.17) is 4.74 Å². The fraction of sp³-hybridized carbons (Fsp3) is 0.318. The van der Waals surface area contributed by atoms with Gasteiger partial charge < -0.3 is 9.64 Å². The van der Waals surface area contributed by atoms with Crippen LogP contribution in [0.4, 0.5) is 5.69 Å². The number of nitrogens with zero attached hydrogens (tertiary/aromatic N) is 1. The molecule has 1 aliphatic carbocycles. The molecule has 0 atom stereocenters. The Morgan fingerprint density at radius 3 is 2.28 bits per heavy atom. The summed E-state index contributed by atoms with van der Waals surface area (Å²) in [6.45, 7) is 4.95. The zero-order valence-electron chi connectivity index (χ0n) is 14.5. The van der Waals surface area contributed by atoms with Gasteiger partial charge in [-0.05, 0) is 79.6 Å². The number of aryl methyl sites for hydroxylation is 2. The summed E-state index contributed by atoms with van der Waals surface area (Å²) in [5.74, 6) is 1.88. The first kappa shape index (κ1) is 15.9. The molecule has 0 N–H and O–H groups in total. The summed E-state index contributed by atoms with van der Waals surface area (Å²) in [5.41, 5.74) is 5.07. The molecule has 0 bridgehead atoms. The largest absolute Gasteiger partial charge is 0.457 e. The van der Waals surface area contributed by atoms with Crippen molar-refractivity contribution >= 4 is 11.6 Å². The predicted octanol–water partition coefficient (Wildman–Crippen LogP) is 5.04. The number of benzene rings is 2. The molecule has 4 rings (SSSR count). The van der Waals surface area contributed by atoms with Crippen LogP contribution in [0.5, 0.6) is 11.5 Å². The average molecular weight is 333 g/mol. The predicted molar refractivity (Wildman–Crippen MR) is 100 cm³/mol. The van der Waals surface area contributed by atoms with Crippen LogP contribution in [0.2, 0.25) is 0 Å². The monoisotopic (exact) mass is 333 g/mol. The molecule has 0 saturated carbocycles. The molecule has 0 unspecified atom stereocenters. The number of ether oxygens (including phenoxy) is 1. The molecule has 1 fully saturated rings. The molecule has 1 aliphatic heterocycles. The third kappa shape index (κ3) is 3.46. The van der Waals surface area contributed by atoms with Gasteiger partial charge in [0.05, 0.1) is 0 Å². The van der Waals surface area contributed by atoms with Crippen molar-refractivity contribution in [3.8, 4) is 11.5 Å². The smallest absolute Gasteiger partial charge is 0.227 e. The van der Waals surface area contributed by atoms with Gasteiger partial charge in [0.25, 0.3) is 0 Å². The van der Waals surface area contributed by atoms with Gasteiger partial charge in [0.2, 0.25) is 5.91 Å². The first-order valence-electron chi connectivity index (χ1n) is 9.06. The molecule has 2 aromatic carbocycles. The second-order valence-electron chi connectivity index (χ2n) is 6.93. The maximum absolute atomic E-state index is 11.8. The van der Waals surface area contributed by atoms with Crippen LogP contribution in [0, 0.1) is 0 Å². The summed E-state index contributed by atoms with van der Waals surface area (Å²) in [6.07, 6.45) is 5.87. The maximum Gasteiger partial charge on any atom is 0.227 e. The van der Waals surface area contributed by atoms with Crippen molar-refractivity contribution in [2.24, 2.45) is 0 Å².